The van der Waals surface area contributed by atoms with Crippen LogP contribution in [-0.2, 0) is 18.4 Å². The van der Waals surface area contributed by atoms with E-state index in [1.165, 1.54) is 5.56 Å². The summed E-state index contributed by atoms with van der Waals surface area (Å²) in [6, 6.07) is 8.07. The fourth-order valence-corrected chi connectivity index (χ4v) is 4.65. The molecule has 1 unspecified atom stereocenters. The number of hydrogen-bond acceptors (Lipinski definition) is 3. The van der Waals surface area contributed by atoms with Gasteiger partial charge in [0.25, 0.3) is 0 Å². The summed E-state index contributed by atoms with van der Waals surface area (Å²) in [5.74, 6) is 1.77. The average molecular weight is 550 g/mol. The van der Waals surface area contributed by atoms with Crippen LogP contribution in [0.5, 0.6) is 0 Å². The quantitative estimate of drug-likeness (QED) is 0.323. The highest BCUT2D eigenvalue weighted by Gasteiger charge is 2.27. The molecule has 2 N–H and O–H groups in total. The molecule has 4 rings (SSSR count). The Morgan fingerprint density at radius 1 is 1.25 bits per heavy atom. The maximum atomic E-state index is 12.4. The normalized spacial score (nSPS) is 19.1. The number of guanidine groups is 1. The largest absolute Gasteiger partial charge is 0.357 e. The first-order valence-corrected chi connectivity index (χ1v) is 11.5. The lowest BCUT2D eigenvalue weighted by Crippen LogP contribution is -2.40. The van der Waals surface area contributed by atoms with Gasteiger partial charge in [0.2, 0.25) is 5.91 Å². The number of likely N-dealkylation sites (tertiary alicyclic amines) is 1. The molecule has 1 atom stereocenters. The van der Waals surface area contributed by atoms with Crippen LogP contribution in [0.2, 0.25) is 0 Å². The Morgan fingerprint density at radius 2 is 2.06 bits per heavy atom. The molecule has 1 aliphatic carbocycles. The molecule has 0 spiro atoms. The fourth-order valence-electron chi connectivity index (χ4n) is 4.65. The minimum atomic E-state index is 0. The highest BCUT2D eigenvalue weighted by Crippen LogP contribution is 2.27. The van der Waals surface area contributed by atoms with Crippen molar-refractivity contribution >= 4 is 41.5 Å². The molecule has 2 fully saturated rings. The lowest BCUT2D eigenvalue weighted by molar-refractivity contribution is -0.119. The Morgan fingerprint density at radius 3 is 2.78 bits per heavy atom. The van der Waals surface area contributed by atoms with E-state index < -0.39 is 0 Å². The third-order valence-corrected chi connectivity index (χ3v) is 6.35. The first kappa shape index (κ1) is 24.5. The molecule has 2 heterocycles. The van der Waals surface area contributed by atoms with E-state index in [1.54, 1.807) is 0 Å². The number of nitrogens with zero attached hydrogens (tertiary/aromatic N) is 4. The second-order valence-electron chi connectivity index (χ2n) is 8.72. The van der Waals surface area contributed by atoms with Gasteiger partial charge in [-0.15, -0.1) is 24.0 Å². The number of aliphatic imine (C=N–C) groups is 1. The van der Waals surface area contributed by atoms with Gasteiger partial charge in [-0.05, 0) is 49.4 Å². The first-order chi connectivity index (χ1) is 15.1. The predicted molar refractivity (Wildman–Crippen MR) is 139 cm³/mol. The van der Waals surface area contributed by atoms with Crippen LogP contribution in [-0.4, -0.2) is 46.2 Å². The lowest BCUT2D eigenvalue weighted by Gasteiger charge is -2.21. The van der Waals surface area contributed by atoms with Crippen LogP contribution >= 0.6 is 24.0 Å². The van der Waals surface area contributed by atoms with Gasteiger partial charge in [-0.2, -0.15) is 5.10 Å². The van der Waals surface area contributed by atoms with Crippen LogP contribution in [0.25, 0.3) is 0 Å². The summed E-state index contributed by atoms with van der Waals surface area (Å²) < 4.78 is 1.87. The number of carbonyl (C=O) groups is 1. The van der Waals surface area contributed by atoms with Crippen molar-refractivity contribution in [3.05, 3.63) is 47.8 Å². The summed E-state index contributed by atoms with van der Waals surface area (Å²) in [5, 5.41) is 10.9. The monoisotopic (exact) mass is 550 g/mol. The number of anilines is 1. The van der Waals surface area contributed by atoms with Gasteiger partial charge in [-0.25, -0.2) is 4.99 Å². The van der Waals surface area contributed by atoms with E-state index >= 15 is 0 Å². The molecule has 1 aliphatic heterocycles. The minimum absolute atomic E-state index is 0. The Balaban J connectivity index is 0.00000289. The average Bonchev–Trinajstić information content (AvgIpc) is 3.52. The van der Waals surface area contributed by atoms with Crippen LogP contribution in [0.15, 0.2) is 41.7 Å². The number of benzene rings is 1. The molecule has 1 aromatic heterocycles. The van der Waals surface area contributed by atoms with Crippen molar-refractivity contribution < 1.29 is 4.79 Å². The molecule has 2 aliphatic rings. The molecule has 0 radical (unpaired) electrons. The zero-order chi connectivity index (χ0) is 21.6. The smallest absolute Gasteiger partial charge is 0.227 e. The number of hydrogen-bond donors (Lipinski definition) is 2. The number of amides is 1. The van der Waals surface area contributed by atoms with Crippen molar-refractivity contribution in [1.82, 2.24) is 20.0 Å². The Labute approximate surface area is 208 Å². The second-order valence-corrected chi connectivity index (χ2v) is 8.72. The van der Waals surface area contributed by atoms with Crippen LogP contribution in [0.3, 0.4) is 0 Å². The number of rotatable bonds is 6. The van der Waals surface area contributed by atoms with Crippen molar-refractivity contribution in [2.24, 2.45) is 18.0 Å². The van der Waals surface area contributed by atoms with E-state index in [2.05, 4.69) is 39.8 Å². The summed E-state index contributed by atoms with van der Waals surface area (Å²) >= 11 is 0. The van der Waals surface area contributed by atoms with Gasteiger partial charge in [0.1, 0.15) is 0 Å². The first-order valence-electron chi connectivity index (χ1n) is 11.5. The summed E-state index contributed by atoms with van der Waals surface area (Å²) in [6.45, 7) is 5.47. The van der Waals surface area contributed by atoms with Gasteiger partial charge in [0.05, 0.1) is 12.7 Å². The van der Waals surface area contributed by atoms with E-state index in [0.29, 0.717) is 12.5 Å². The van der Waals surface area contributed by atoms with Gasteiger partial charge in [0.15, 0.2) is 5.96 Å². The van der Waals surface area contributed by atoms with Gasteiger partial charge in [-0.1, -0.05) is 25.0 Å². The molecule has 1 saturated carbocycles. The highest BCUT2D eigenvalue weighted by atomic mass is 127. The fraction of sp³-hybridized carbons (Fsp3) is 0.542. The van der Waals surface area contributed by atoms with Gasteiger partial charge < -0.3 is 15.5 Å². The number of aryl methyl sites for hydroxylation is 1. The van der Waals surface area contributed by atoms with Crippen LogP contribution in [0, 0.1) is 5.92 Å². The van der Waals surface area contributed by atoms with E-state index in [9.17, 15) is 4.79 Å². The molecule has 0 bridgehead atoms. The van der Waals surface area contributed by atoms with Crippen molar-refractivity contribution in [3.63, 3.8) is 0 Å². The standard InChI is InChI=1S/C24H34N6O.HI/c1-3-25-24(30-12-11-20(17-30)21-15-27-29(2)16-21)26-14-18-7-6-10-22(13-18)28-23(31)19-8-4-5-9-19;/h6-7,10,13,15-16,19-20H,3-5,8-9,11-12,14,17H2,1-2H3,(H,25,26)(H,28,31);1H. The molecule has 1 amide bonds. The van der Waals surface area contributed by atoms with E-state index in [-0.39, 0.29) is 35.8 Å². The van der Waals surface area contributed by atoms with E-state index in [0.717, 1.165) is 68.9 Å². The third-order valence-electron chi connectivity index (χ3n) is 6.35. The zero-order valence-electron chi connectivity index (χ0n) is 19.1. The van der Waals surface area contributed by atoms with Crippen molar-refractivity contribution in [3.8, 4) is 0 Å². The molecular weight excluding hydrogens is 515 g/mol. The third kappa shape index (κ3) is 6.24. The molecule has 1 aromatic carbocycles. The molecule has 8 heteroatoms. The maximum Gasteiger partial charge on any atom is 0.227 e. The van der Waals surface area contributed by atoms with Crippen LogP contribution in [0.1, 0.15) is 56.1 Å². The number of carbonyl (C=O) groups excluding carboxylic acids is 1. The Kier molecular flexibility index (Phi) is 8.95. The Hall–Kier alpha value is -2.10. The summed E-state index contributed by atoms with van der Waals surface area (Å²) in [5.41, 5.74) is 3.27. The molecule has 1 saturated heterocycles. The van der Waals surface area contributed by atoms with Crippen LogP contribution < -0.4 is 10.6 Å². The summed E-state index contributed by atoms with van der Waals surface area (Å²) in [7, 11) is 1.96. The summed E-state index contributed by atoms with van der Waals surface area (Å²) in [4.78, 5) is 19.7. The lowest BCUT2D eigenvalue weighted by atomic mass is 10.0. The van der Waals surface area contributed by atoms with E-state index in [4.69, 9.17) is 4.99 Å². The topological polar surface area (TPSA) is 74.6 Å². The van der Waals surface area contributed by atoms with E-state index in [1.807, 2.05) is 36.1 Å². The van der Waals surface area contributed by atoms with Gasteiger partial charge >= 0.3 is 0 Å². The predicted octanol–water partition coefficient (Wildman–Crippen LogP) is 4.12. The minimum Gasteiger partial charge on any atom is -0.357 e. The van der Waals surface area contributed by atoms with Crippen molar-refractivity contribution in [1.29, 1.82) is 0 Å². The molecule has 174 valence electrons. The molecule has 32 heavy (non-hydrogen) atoms. The Bertz CT molecular complexity index is 921. The zero-order valence-corrected chi connectivity index (χ0v) is 21.4. The molecule has 7 nitrogen and oxygen atoms in total. The van der Waals surface area contributed by atoms with Gasteiger partial charge in [-0.3, -0.25) is 9.48 Å². The number of aromatic nitrogens is 2. The van der Waals surface area contributed by atoms with Crippen LogP contribution in [0.4, 0.5) is 5.69 Å². The number of halogens is 1. The van der Waals surface area contributed by atoms with Gasteiger partial charge in [0, 0.05) is 50.4 Å². The number of nitrogens with one attached hydrogen (secondary N) is 2. The molecule has 2 aromatic rings. The highest BCUT2D eigenvalue weighted by molar-refractivity contribution is 14.0. The SMILES string of the molecule is CCNC(=NCc1cccc(NC(=O)C2CCCC2)c1)N1CCC(c2cnn(C)c2)C1.I. The van der Waals surface area contributed by atoms with Crippen molar-refractivity contribution in [2.75, 3.05) is 25.0 Å². The second kappa shape index (κ2) is 11.7. The maximum absolute atomic E-state index is 12.4. The summed E-state index contributed by atoms with van der Waals surface area (Å²) in [6.07, 6.45) is 9.55. The molecular formula is C24H35IN6O. The van der Waals surface area contributed by atoms with Crippen molar-refractivity contribution in [2.45, 2.75) is 51.5 Å².